The summed E-state index contributed by atoms with van der Waals surface area (Å²) < 4.78 is 2.28. The molecule has 2 heteroatoms. The van der Waals surface area contributed by atoms with Crippen molar-refractivity contribution < 1.29 is 0 Å². The van der Waals surface area contributed by atoms with Crippen molar-refractivity contribution in [3.63, 3.8) is 0 Å². The predicted molar refractivity (Wildman–Crippen MR) is 74.8 cm³/mol. The Morgan fingerprint density at radius 1 is 1.39 bits per heavy atom. The highest BCUT2D eigenvalue weighted by molar-refractivity contribution is 5.44. The Hall–Kier alpha value is -1.31. The highest BCUT2D eigenvalue weighted by atomic mass is 15.0. The average Bonchev–Trinajstić information content (AvgIpc) is 2.76. The Morgan fingerprint density at radius 2 is 2.22 bits per heavy atom. The smallest absolute Gasteiger partial charge is 0.137 e. The lowest BCUT2D eigenvalue weighted by molar-refractivity contribution is 0.180. The van der Waals surface area contributed by atoms with Crippen LogP contribution >= 0.6 is 0 Å². The lowest BCUT2D eigenvalue weighted by Crippen LogP contribution is -2.29. The Kier molecular flexibility index (Phi) is 2.69. The molecule has 2 aromatic rings. The van der Waals surface area contributed by atoms with Gasteiger partial charge in [-0.05, 0) is 42.7 Å². The van der Waals surface area contributed by atoms with E-state index in [-0.39, 0.29) is 0 Å². The highest BCUT2D eigenvalue weighted by Gasteiger charge is 2.32. The lowest BCUT2D eigenvalue weighted by Gasteiger charge is -2.36. The van der Waals surface area contributed by atoms with Crippen LogP contribution in [0.5, 0.6) is 0 Å². The third-order valence-corrected chi connectivity index (χ3v) is 4.90. The maximum Gasteiger partial charge on any atom is 0.137 e. The molecule has 1 aliphatic rings. The van der Waals surface area contributed by atoms with E-state index < -0.39 is 0 Å². The maximum absolute atomic E-state index is 4.76. The normalized spacial score (nSPS) is 20.1. The van der Waals surface area contributed by atoms with Crippen LogP contribution in [0.25, 0.3) is 5.65 Å². The molecule has 96 valence electrons. The molecule has 0 saturated carbocycles. The lowest BCUT2D eigenvalue weighted by atomic mass is 9.70. The van der Waals surface area contributed by atoms with Crippen LogP contribution in [-0.2, 0) is 12.8 Å². The monoisotopic (exact) mass is 242 g/mol. The van der Waals surface area contributed by atoms with Gasteiger partial charge < -0.3 is 4.40 Å². The van der Waals surface area contributed by atoms with Crippen LogP contribution < -0.4 is 0 Å². The van der Waals surface area contributed by atoms with Gasteiger partial charge in [-0.3, -0.25) is 0 Å². The summed E-state index contributed by atoms with van der Waals surface area (Å²) in [5, 5.41) is 0. The number of aromatic nitrogens is 2. The van der Waals surface area contributed by atoms with E-state index in [1.165, 1.54) is 30.7 Å². The largest absolute Gasteiger partial charge is 0.304 e. The van der Waals surface area contributed by atoms with Crippen molar-refractivity contribution in [2.24, 2.45) is 11.3 Å². The minimum Gasteiger partial charge on any atom is -0.304 e. The Labute approximate surface area is 109 Å². The van der Waals surface area contributed by atoms with Crippen LogP contribution in [0.3, 0.4) is 0 Å². The zero-order valence-corrected chi connectivity index (χ0v) is 11.6. The number of rotatable bonds is 2. The van der Waals surface area contributed by atoms with Gasteiger partial charge in [-0.2, -0.15) is 0 Å². The Balaban J connectivity index is 2.01. The summed E-state index contributed by atoms with van der Waals surface area (Å²) in [6.45, 7) is 7.13. The molecule has 2 nitrogen and oxygen atoms in total. The van der Waals surface area contributed by atoms with Crippen molar-refractivity contribution in [2.75, 3.05) is 0 Å². The number of nitrogens with zero attached hydrogens (tertiary/aromatic N) is 2. The fourth-order valence-electron chi connectivity index (χ4n) is 3.11. The van der Waals surface area contributed by atoms with Gasteiger partial charge in [0.2, 0.25) is 0 Å². The molecule has 1 atom stereocenters. The van der Waals surface area contributed by atoms with Crippen molar-refractivity contribution in [1.82, 2.24) is 9.38 Å². The summed E-state index contributed by atoms with van der Waals surface area (Å²) in [6.07, 6.45) is 7.02. The van der Waals surface area contributed by atoms with E-state index >= 15 is 0 Å². The van der Waals surface area contributed by atoms with Crippen molar-refractivity contribution in [2.45, 2.75) is 46.5 Å². The first-order chi connectivity index (χ1) is 8.62. The topological polar surface area (TPSA) is 17.3 Å². The first-order valence-corrected chi connectivity index (χ1v) is 7.06. The van der Waals surface area contributed by atoms with Crippen LogP contribution in [0.4, 0.5) is 0 Å². The zero-order chi connectivity index (χ0) is 12.8. The second-order valence-electron chi connectivity index (χ2n) is 6.22. The fraction of sp³-hybridized carbons (Fsp3) is 0.562. The van der Waals surface area contributed by atoms with Crippen LogP contribution in [-0.4, -0.2) is 9.38 Å². The summed E-state index contributed by atoms with van der Waals surface area (Å²) in [7, 11) is 0. The van der Waals surface area contributed by atoms with E-state index in [1.54, 1.807) is 0 Å². The van der Waals surface area contributed by atoms with E-state index in [0.29, 0.717) is 5.41 Å². The summed E-state index contributed by atoms with van der Waals surface area (Å²) in [4.78, 5) is 4.76. The van der Waals surface area contributed by atoms with Gasteiger partial charge in [0, 0.05) is 11.9 Å². The van der Waals surface area contributed by atoms with E-state index in [1.807, 2.05) is 0 Å². The van der Waals surface area contributed by atoms with E-state index in [9.17, 15) is 0 Å². The molecule has 0 amide bonds. The minimum atomic E-state index is 0.441. The van der Waals surface area contributed by atoms with E-state index in [4.69, 9.17) is 4.98 Å². The van der Waals surface area contributed by atoms with E-state index in [0.717, 1.165) is 18.0 Å². The second-order valence-corrected chi connectivity index (χ2v) is 6.22. The highest BCUT2D eigenvalue weighted by Crippen LogP contribution is 2.39. The van der Waals surface area contributed by atoms with Gasteiger partial charge >= 0.3 is 0 Å². The number of pyridine rings is 1. The van der Waals surface area contributed by atoms with Crippen LogP contribution in [0.2, 0.25) is 0 Å². The summed E-state index contributed by atoms with van der Waals surface area (Å²) in [5.41, 5.74) is 4.32. The molecular weight excluding hydrogens is 220 g/mol. The zero-order valence-electron chi connectivity index (χ0n) is 11.6. The number of imidazole rings is 1. The van der Waals surface area contributed by atoms with Crippen molar-refractivity contribution in [3.8, 4) is 0 Å². The summed E-state index contributed by atoms with van der Waals surface area (Å²) in [6, 6.07) is 6.28. The molecular formula is C16H22N2. The molecule has 0 aliphatic heterocycles. The summed E-state index contributed by atoms with van der Waals surface area (Å²) >= 11 is 0. The molecule has 3 rings (SSSR count). The third kappa shape index (κ3) is 1.75. The first kappa shape index (κ1) is 11.8. The fourth-order valence-corrected chi connectivity index (χ4v) is 3.11. The number of hydrogen-bond acceptors (Lipinski definition) is 1. The van der Waals surface area contributed by atoms with Gasteiger partial charge in [0.05, 0.1) is 5.69 Å². The number of aryl methyl sites for hydroxylation is 1. The average molecular weight is 242 g/mol. The Morgan fingerprint density at radius 3 is 3.00 bits per heavy atom. The molecule has 1 aliphatic carbocycles. The van der Waals surface area contributed by atoms with Gasteiger partial charge in [-0.1, -0.05) is 33.3 Å². The van der Waals surface area contributed by atoms with Gasteiger partial charge in [0.1, 0.15) is 5.65 Å². The molecule has 2 aromatic heterocycles. The van der Waals surface area contributed by atoms with Crippen molar-refractivity contribution in [1.29, 1.82) is 0 Å². The van der Waals surface area contributed by atoms with Crippen molar-refractivity contribution >= 4 is 5.65 Å². The molecule has 0 radical (unpaired) electrons. The molecule has 18 heavy (non-hydrogen) atoms. The molecule has 0 aromatic carbocycles. The molecule has 0 spiro atoms. The number of hydrogen-bond donors (Lipinski definition) is 0. The van der Waals surface area contributed by atoms with Crippen LogP contribution in [0.15, 0.2) is 24.4 Å². The van der Waals surface area contributed by atoms with Crippen molar-refractivity contribution in [3.05, 3.63) is 35.8 Å². The molecule has 0 N–H and O–H groups in total. The Bertz CT molecular complexity index is 565. The molecule has 0 bridgehead atoms. The minimum absolute atomic E-state index is 0.441. The molecule has 0 fully saturated rings. The number of fused-ring (bicyclic) bond motifs is 3. The quantitative estimate of drug-likeness (QED) is 0.781. The SMILES string of the molecule is CCC(C)(C)C1CCc2nc3ccccn3c2C1. The first-order valence-electron chi connectivity index (χ1n) is 7.06. The standard InChI is InChI=1S/C16H22N2/c1-4-16(2,3)12-8-9-13-14(11-12)18-10-6-5-7-15(18)17-13/h5-7,10,12H,4,8-9,11H2,1-3H3. The van der Waals surface area contributed by atoms with E-state index in [2.05, 4.69) is 49.6 Å². The predicted octanol–water partition coefficient (Wildman–Crippen LogP) is 3.88. The molecule has 1 unspecified atom stereocenters. The maximum atomic E-state index is 4.76. The molecule has 0 saturated heterocycles. The molecule has 2 heterocycles. The van der Waals surface area contributed by atoms with Crippen LogP contribution in [0, 0.1) is 11.3 Å². The van der Waals surface area contributed by atoms with Gasteiger partial charge in [0.15, 0.2) is 0 Å². The second kappa shape index (κ2) is 4.11. The van der Waals surface area contributed by atoms with Gasteiger partial charge in [-0.15, -0.1) is 0 Å². The van der Waals surface area contributed by atoms with Gasteiger partial charge in [0.25, 0.3) is 0 Å². The van der Waals surface area contributed by atoms with Crippen LogP contribution in [0.1, 0.15) is 45.0 Å². The third-order valence-electron chi connectivity index (χ3n) is 4.90. The summed E-state index contributed by atoms with van der Waals surface area (Å²) in [5.74, 6) is 0.787. The van der Waals surface area contributed by atoms with Gasteiger partial charge in [-0.25, -0.2) is 4.98 Å².